The van der Waals surface area contributed by atoms with Crippen LogP contribution < -0.4 is 14.2 Å². The molecule has 1 amide bonds. The topological polar surface area (TPSA) is 57.2 Å². The van der Waals surface area contributed by atoms with E-state index in [0.29, 0.717) is 24.7 Å². The summed E-state index contributed by atoms with van der Waals surface area (Å²) < 4.78 is 17.5. The summed E-state index contributed by atoms with van der Waals surface area (Å²) in [6.45, 7) is 3.08. The van der Waals surface area contributed by atoms with Gasteiger partial charge in [-0.25, -0.2) is 5.06 Å². The van der Waals surface area contributed by atoms with Crippen LogP contribution in [0.4, 0.5) is 0 Å². The lowest BCUT2D eigenvalue weighted by molar-refractivity contribution is -0.190. The molecule has 0 atom stereocenters. The van der Waals surface area contributed by atoms with Gasteiger partial charge in [0.15, 0.2) is 11.5 Å². The van der Waals surface area contributed by atoms with Crippen LogP contribution in [-0.4, -0.2) is 25.2 Å². The second-order valence-electron chi connectivity index (χ2n) is 9.14. The van der Waals surface area contributed by atoms with Crippen molar-refractivity contribution >= 4 is 27.9 Å². The van der Waals surface area contributed by atoms with Gasteiger partial charge in [-0.3, -0.25) is 9.63 Å². The molecular weight excluding hydrogens is 570 g/mol. The van der Waals surface area contributed by atoms with Crippen LogP contribution in [0.3, 0.4) is 0 Å². The van der Waals surface area contributed by atoms with Crippen molar-refractivity contribution in [3.05, 3.63) is 129 Å². The number of ether oxygens (including phenoxy) is 3. The van der Waals surface area contributed by atoms with Crippen molar-refractivity contribution < 1.29 is 23.8 Å². The number of benzene rings is 4. The Morgan fingerprint density at radius 3 is 2.08 bits per heavy atom. The van der Waals surface area contributed by atoms with Gasteiger partial charge in [0, 0.05) is 10.5 Å². The average Bonchev–Trinajstić information content (AvgIpc) is 2.99. The minimum absolute atomic E-state index is 0.227. The highest BCUT2D eigenvalue weighted by molar-refractivity contribution is 9.10. The molecule has 0 saturated carbocycles. The minimum atomic E-state index is -0.282. The molecule has 0 aliphatic heterocycles. The van der Waals surface area contributed by atoms with Crippen LogP contribution in [0.2, 0.25) is 0 Å². The van der Waals surface area contributed by atoms with Gasteiger partial charge in [-0.05, 0) is 71.7 Å². The Labute approximate surface area is 243 Å². The van der Waals surface area contributed by atoms with Crippen LogP contribution >= 0.6 is 15.9 Å². The van der Waals surface area contributed by atoms with Crippen LogP contribution in [0.5, 0.6) is 17.2 Å². The van der Waals surface area contributed by atoms with E-state index >= 15 is 0 Å². The molecule has 4 aromatic carbocycles. The Bertz CT molecular complexity index is 1420. The Morgan fingerprint density at radius 2 is 1.40 bits per heavy atom. The molecule has 206 valence electrons. The minimum Gasteiger partial charge on any atom is -0.493 e. The first-order valence-electron chi connectivity index (χ1n) is 12.8. The molecule has 0 spiro atoms. The van der Waals surface area contributed by atoms with Crippen LogP contribution in [0, 0.1) is 6.92 Å². The first-order chi connectivity index (χ1) is 19.4. The summed E-state index contributed by atoms with van der Waals surface area (Å²) in [7, 11) is 3.16. The molecule has 4 aromatic rings. The molecule has 0 bridgehead atoms. The molecular formula is C33H32BrNO5. The fraction of sp³-hybridized carbons (Fsp3) is 0.182. The molecule has 4 rings (SSSR count). The third-order valence-corrected chi connectivity index (χ3v) is 6.68. The van der Waals surface area contributed by atoms with E-state index in [4.69, 9.17) is 19.0 Å². The highest BCUT2D eigenvalue weighted by atomic mass is 79.9. The second kappa shape index (κ2) is 14.4. The van der Waals surface area contributed by atoms with E-state index < -0.39 is 0 Å². The van der Waals surface area contributed by atoms with Crippen molar-refractivity contribution in [2.24, 2.45) is 0 Å². The lowest BCUT2D eigenvalue weighted by atomic mass is 10.2. The van der Waals surface area contributed by atoms with E-state index in [1.807, 2.05) is 60.7 Å². The fourth-order valence-corrected chi connectivity index (χ4v) is 4.10. The number of methoxy groups -OCH3 is 2. The van der Waals surface area contributed by atoms with Crippen molar-refractivity contribution in [1.82, 2.24) is 5.06 Å². The predicted molar refractivity (Wildman–Crippen MR) is 160 cm³/mol. The number of amides is 1. The second-order valence-corrected chi connectivity index (χ2v) is 10.1. The smallest absolute Gasteiger partial charge is 0.270 e. The van der Waals surface area contributed by atoms with Crippen LogP contribution in [0.1, 0.15) is 27.8 Å². The van der Waals surface area contributed by atoms with Gasteiger partial charge in [0.2, 0.25) is 0 Å². The summed E-state index contributed by atoms with van der Waals surface area (Å²) >= 11 is 3.46. The lowest BCUT2D eigenvalue weighted by Crippen LogP contribution is -2.29. The van der Waals surface area contributed by atoms with Crippen LogP contribution in [0.25, 0.3) is 6.08 Å². The number of aryl methyl sites for hydroxylation is 1. The fourth-order valence-electron chi connectivity index (χ4n) is 3.84. The van der Waals surface area contributed by atoms with Crippen molar-refractivity contribution in [1.29, 1.82) is 0 Å². The summed E-state index contributed by atoms with van der Waals surface area (Å²) in [4.78, 5) is 19.2. The Kier molecular flexibility index (Phi) is 10.4. The van der Waals surface area contributed by atoms with Gasteiger partial charge < -0.3 is 14.2 Å². The van der Waals surface area contributed by atoms with Crippen molar-refractivity contribution in [3.63, 3.8) is 0 Å². The number of hydrogen-bond acceptors (Lipinski definition) is 5. The molecule has 0 N–H and O–H groups in total. The number of hydrogen-bond donors (Lipinski definition) is 0. The van der Waals surface area contributed by atoms with E-state index in [1.165, 1.54) is 16.7 Å². The monoisotopic (exact) mass is 601 g/mol. The largest absolute Gasteiger partial charge is 0.493 e. The molecule has 0 saturated heterocycles. The molecule has 7 heteroatoms. The molecule has 0 radical (unpaired) electrons. The number of nitrogens with zero attached hydrogens (tertiary/aromatic N) is 1. The van der Waals surface area contributed by atoms with E-state index in [0.717, 1.165) is 32.5 Å². The van der Waals surface area contributed by atoms with Crippen molar-refractivity contribution in [2.45, 2.75) is 26.7 Å². The number of carbonyl (C=O) groups is 1. The maximum Gasteiger partial charge on any atom is 0.270 e. The average molecular weight is 603 g/mol. The van der Waals surface area contributed by atoms with E-state index in [9.17, 15) is 4.79 Å². The maximum absolute atomic E-state index is 13.2. The predicted octanol–water partition coefficient (Wildman–Crippen LogP) is 7.53. The number of hydroxylamine groups is 2. The van der Waals surface area contributed by atoms with Gasteiger partial charge in [0.05, 0.1) is 20.8 Å². The van der Waals surface area contributed by atoms with Crippen molar-refractivity contribution in [2.75, 3.05) is 14.2 Å². The van der Waals surface area contributed by atoms with Crippen LogP contribution in [0.15, 0.2) is 102 Å². The Balaban J connectivity index is 1.41. The summed E-state index contributed by atoms with van der Waals surface area (Å²) in [5.74, 6) is 1.70. The third kappa shape index (κ3) is 8.46. The number of rotatable bonds is 12. The van der Waals surface area contributed by atoms with Gasteiger partial charge in [0.1, 0.15) is 19.0 Å². The molecule has 0 aliphatic rings. The summed E-state index contributed by atoms with van der Waals surface area (Å²) in [5.41, 5.74) is 4.99. The maximum atomic E-state index is 13.2. The Hall–Kier alpha value is -4.07. The SMILES string of the molecule is COc1ccc(C=CC(=O)N(Cc2ccc(Br)cc2)OCc2ccc(OCc3ccc(C)cc3)cc2)cc1OC. The van der Waals surface area contributed by atoms with E-state index in [-0.39, 0.29) is 12.5 Å². The normalized spacial score (nSPS) is 10.9. The first-order valence-corrected chi connectivity index (χ1v) is 13.6. The summed E-state index contributed by atoms with van der Waals surface area (Å²) in [6.07, 6.45) is 3.21. The molecule has 40 heavy (non-hydrogen) atoms. The van der Waals surface area contributed by atoms with Gasteiger partial charge in [-0.1, -0.05) is 76.1 Å². The Morgan fingerprint density at radius 1 is 0.775 bits per heavy atom. The summed E-state index contributed by atoms with van der Waals surface area (Å²) in [6, 6.07) is 29.2. The zero-order valence-corrected chi connectivity index (χ0v) is 24.4. The van der Waals surface area contributed by atoms with Gasteiger partial charge in [0.25, 0.3) is 5.91 Å². The third-order valence-electron chi connectivity index (χ3n) is 6.15. The molecule has 0 fully saturated rings. The quantitative estimate of drug-likeness (QED) is 0.124. The van der Waals surface area contributed by atoms with Gasteiger partial charge in [-0.15, -0.1) is 0 Å². The van der Waals surface area contributed by atoms with Gasteiger partial charge in [-0.2, -0.15) is 0 Å². The highest BCUT2D eigenvalue weighted by Crippen LogP contribution is 2.28. The van der Waals surface area contributed by atoms with E-state index in [2.05, 4.69) is 47.1 Å². The lowest BCUT2D eigenvalue weighted by Gasteiger charge is -2.21. The molecule has 6 nitrogen and oxygen atoms in total. The number of carbonyl (C=O) groups excluding carboxylic acids is 1. The molecule has 0 unspecified atom stereocenters. The zero-order valence-electron chi connectivity index (χ0n) is 22.8. The van der Waals surface area contributed by atoms with Crippen LogP contribution in [-0.2, 0) is 29.4 Å². The first kappa shape index (κ1) is 28.9. The molecule has 0 heterocycles. The molecule has 0 aromatic heterocycles. The highest BCUT2D eigenvalue weighted by Gasteiger charge is 2.14. The standard InChI is InChI=1S/C33H32BrNO5/c1-24-4-6-27(7-5-24)22-39-30-16-10-28(11-17-30)23-40-35(21-26-8-14-29(34)15-9-26)33(36)19-13-25-12-18-31(37-2)32(20-25)38-3/h4-20H,21-23H2,1-3H3. The van der Waals surface area contributed by atoms with Crippen molar-refractivity contribution in [3.8, 4) is 17.2 Å². The molecule has 0 aliphatic carbocycles. The zero-order chi connectivity index (χ0) is 28.3. The number of halogens is 1. The summed E-state index contributed by atoms with van der Waals surface area (Å²) in [5, 5.41) is 1.36. The van der Waals surface area contributed by atoms with Gasteiger partial charge >= 0.3 is 0 Å². The van der Waals surface area contributed by atoms with E-state index in [1.54, 1.807) is 26.4 Å².